The Bertz CT molecular complexity index is 533. The van der Waals surface area contributed by atoms with Gasteiger partial charge in [0.2, 0.25) is 10.0 Å². The number of halogens is 1. The topological polar surface area (TPSA) is 115 Å². The van der Waals surface area contributed by atoms with Crippen molar-refractivity contribution >= 4 is 28.1 Å². The number of hydrogen-bond acceptors (Lipinski definition) is 5. The smallest absolute Gasteiger partial charge is 0.269 e. The Balaban J connectivity index is 0.00000289. The van der Waals surface area contributed by atoms with Gasteiger partial charge < -0.3 is 5.73 Å². The second kappa shape index (κ2) is 6.64. The fraction of sp³-hybridized carbons (Fsp3) is 0.333. The summed E-state index contributed by atoms with van der Waals surface area (Å²) in [6.45, 7) is 1.81. The van der Waals surface area contributed by atoms with E-state index in [4.69, 9.17) is 5.73 Å². The second-order valence-corrected chi connectivity index (χ2v) is 5.13. The molecule has 0 unspecified atom stereocenters. The maximum Gasteiger partial charge on any atom is 0.269 e. The number of benzene rings is 1. The normalized spacial score (nSPS) is 10.8. The summed E-state index contributed by atoms with van der Waals surface area (Å²) < 4.78 is 25.8. The molecule has 0 heterocycles. The van der Waals surface area contributed by atoms with Gasteiger partial charge in [-0.05, 0) is 18.6 Å². The summed E-state index contributed by atoms with van der Waals surface area (Å²) in [4.78, 5) is 9.96. The Labute approximate surface area is 111 Å². The molecule has 0 atom stereocenters. The quantitative estimate of drug-likeness (QED) is 0.608. The van der Waals surface area contributed by atoms with Crippen LogP contribution in [0.15, 0.2) is 23.1 Å². The molecule has 18 heavy (non-hydrogen) atoms. The Morgan fingerprint density at radius 3 is 2.50 bits per heavy atom. The maximum absolute atomic E-state index is 11.8. The maximum atomic E-state index is 11.8. The number of nitrogens with zero attached hydrogens (tertiary/aromatic N) is 1. The van der Waals surface area contributed by atoms with E-state index in [0.29, 0.717) is 5.56 Å². The molecule has 0 saturated carbocycles. The molecule has 0 fully saturated rings. The van der Waals surface area contributed by atoms with E-state index in [1.54, 1.807) is 0 Å². The first-order valence-corrected chi connectivity index (χ1v) is 6.31. The fourth-order valence-electron chi connectivity index (χ4n) is 1.32. The highest BCUT2D eigenvalue weighted by atomic mass is 35.5. The summed E-state index contributed by atoms with van der Waals surface area (Å²) in [7, 11) is -3.65. The first-order valence-electron chi connectivity index (χ1n) is 4.83. The van der Waals surface area contributed by atoms with Crippen LogP contribution in [0.1, 0.15) is 5.56 Å². The molecule has 9 heteroatoms. The zero-order chi connectivity index (χ0) is 13.1. The summed E-state index contributed by atoms with van der Waals surface area (Å²) in [5, 5.41) is 10.5. The molecule has 0 bridgehead atoms. The van der Waals surface area contributed by atoms with Crippen molar-refractivity contribution in [3.05, 3.63) is 33.9 Å². The molecule has 102 valence electrons. The van der Waals surface area contributed by atoms with Crippen molar-refractivity contribution in [1.29, 1.82) is 0 Å². The van der Waals surface area contributed by atoms with Gasteiger partial charge in [0.15, 0.2) is 0 Å². The van der Waals surface area contributed by atoms with Gasteiger partial charge in [-0.25, -0.2) is 13.1 Å². The lowest BCUT2D eigenvalue weighted by Crippen LogP contribution is -2.29. The highest BCUT2D eigenvalue weighted by molar-refractivity contribution is 7.89. The van der Waals surface area contributed by atoms with Crippen molar-refractivity contribution in [2.24, 2.45) is 5.73 Å². The number of nitro groups is 1. The summed E-state index contributed by atoms with van der Waals surface area (Å²) in [6, 6.07) is 3.59. The summed E-state index contributed by atoms with van der Waals surface area (Å²) in [5.74, 6) is 0. The second-order valence-electron chi connectivity index (χ2n) is 3.39. The van der Waals surface area contributed by atoms with Crippen LogP contribution >= 0.6 is 12.4 Å². The first-order chi connectivity index (χ1) is 7.88. The predicted molar refractivity (Wildman–Crippen MR) is 69.3 cm³/mol. The van der Waals surface area contributed by atoms with Gasteiger partial charge in [-0.2, -0.15) is 0 Å². The van der Waals surface area contributed by atoms with Crippen LogP contribution in [0.3, 0.4) is 0 Å². The molecule has 0 spiro atoms. The van der Waals surface area contributed by atoms with E-state index in [1.165, 1.54) is 19.1 Å². The third-order valence-corrected chi connectivity index (χ3v) is 3.72. The van der Waals surface area contributed by atoms with Gasteiger partial charge in [-0.3, -0.25) is 10.1 Å². The van der Waals surface area contributed by atoms with Gasteiger partial charge in [-0.15, -0.1) is 12.4 Å². The number of hydrogen-bond donors (Lipinski definition) is 2. The Hall–Kier alpha value is -1.22. The number of sulfonamides is 1. The molecule has 0 radical (unpaired) electrons. The van der Waals surface area contributed by atoms with E-state index in [0.717, 1.165) is 6.07 Å². The fourth-order valence-corrected chi connectivity index (χ4v) is 2.59. The van der Waals surface area contributed by atoms with Gasteiger partial charge in [0, 0.05) is 25.2 Å². The molecule has 1 rings (SSSR count). The molecular weight excluding hydrogens is 282 g/mol. The molecule has 3 N–H and O–H groups in total. The SMILES string of the molecule is Cc1cc([N+](=O)[O-])ccc1S(=O)(=O)NCCN.Cl. The molecular formula is C9H14ClN3O4S. The summed E-state index contributed by atoms with van der Waals surface area (Å²) in [6.07, 6.45) is 0. The summed E-state index contributed by atoms with van der Waals surface area (Å²) >= 11 is 0. The average molecular weight is 296 g/mol. The van der Waals surface area contributed by atoms with Crippen molar-refractivity contribution < 1.29 is 13.3 Å². The third kappa shape index (κ3) is 3.91. The standard InChI is InChI=1S/C9H13N3O4S.ClH/c1-7-6-8(12(13)14)2-3-9(7)17(15,16)11-5-4-10;/h2-3,6,11H,4-5,10H2,1H3;1H. The van der Waals surface area contributed by atoms with Crippen LogP contribution in [-0.4, -0.2) is 26.4 Å². The van der Waals surface area contributed by atoms with E-state index in [1.807, 2.05) is 0 Å². The van der Waals surface area contributed by atoms with Crippen LogP contribution in [0.4, 0.5) is 5.69 Å². The molecule has 1 aromatic rings. The van der Waals surface area contributed by atoms with Crippen LogP contribution in [-0.2, 0) is 10.0 Å². The molecule has 0 aromatic heterocycles. The van der Waals surface area contributed by atoms with Crippen LogP contribution in [0.2, 0.25) is 0 Å². The molecule has 0 aliphatic rings. The molecule has 0 aliphatic heterocycles. The van der Waals surface area contributed by atoms with Crippen LogP contribution in [0, 0.1) is 17.0 Å². The van der Waals surface area contributed by atoms with E-state index in [-0.39, 0.29) is 36.1 Å². The van der Waals surface area contributed by atoms with Gasteiger partial charge in [0.1, 0.15) is 0 Å². The van der Waals surface area contributed by atoms with Crippen molar-refractivity contribution in [2.45, 2.75) is 11.8 Å². The molecule has 0 amide bonds. The van der Waals surface area contributed by atoms with Gasteiger partial charge in [-0.1, -0.05) is 0 Å². The van der Waals surface area contributed by atoms with Gasteiger partial charge in [0.25, 0.3) is 5.69 Å². The number of non-ortho nitro benzene ring substituents is 1. The van der Waals surface area contributed by atoms with Crippen LogP contribution in [0.5, 0.6) is 0 Å². The lowest BCUT2D eigenvalue weighted by molar-refractivity contribution is -0.385. The monoisotopic (exact) mass is 295 g/mol. The molecule has 7 nitrogen and oxygen atoms in total. The minimum absolute atomic E-state index is 0. The van der Waals surface area contributed by atoms with E-state index < -0.39 is 14.9 Å². The lowest BCUT2D eigenvalue weighted by atomic mass is 10.2. The lowest BCUT2D eigenvalue weighted by Gasteiger charge is -2.07. The zero-order valence-electron chi connectivity index (χ0n) is 9.62. The predicted octanol–water partition coefficient (Wildman–Crippen LogP) is 0.562. The minimum atomic E-state index is -3.65. The highest BCUT2D eigenvalue weighted by Gasteiger charge is 2.18. The number of rotatable bonds is 5. The zero-order valence-corrected chi connectivity index (χ0v) is 11.3. The Morgan fingerprint density at radius 2 is 2.06 bits per heavy atom. The van der Waals surface area contributed by atoms with Crippen molar-refractivity contribution in [3.63, 3.8) is 0 Å². The first kappa shape index (κ1) is 16.8. The van der Waals surface area contributed by atoms with E-state index in [2.05, 4.69) is 4.72 Å². The summed E-state index contributed by atoms with van der Waals surface area (Å²) in [5.41, 5.74) is 5.38. The number of nitro benzene ring substituents is 1. The Kier molecular flexibility index (Phi) is 6.19. The molecule has 0 aliphatic carbocycles. The number of nitrogens with two attached hydrogens (primary N) is 1. The van der Waals surface area contributed by atoms with Gasteiger partial charge in [0.05, 0.1) is 9.82 Å². The third-order valence-electron chi connectivity index (χ3n) is 2.10. The van der Waals surface area contributed by atoms with Crippen LogP contribution in [0.25, 0.3) is 0 Å². The number of aryl methyl sites for hydroxylation is 1. The molecule has 0 saturated heterocycles. The molecule has 1 aromatic carbocycles. The van der Waals surface area contributed by atoms with Crippen molar-refractivity contribution in [1.82, 2.24) is 4.72 Å². The van der Waals surface area contributed by atoms with E-state index in [9.17, 15) is 18.5 Å². The Morgan fingerprint density at radius 1 is 1.44 bits per heavy atom. The minimum Gasteiger partial charge on any atom is -0.329 e. The highest BCUT2D eigenvalue weighted by Crippen LogP contribution is 2.20. The average Bonchev–Trinajstić information content (AvgIpc) is 2.25. The largest absolute Gasteiger partial charge is 0.329 e. The van der Waals surface area contributed by atoms with Crippen molar-refractivity contribution in [3.8, 4) is 0 Å². The van der Waals surface area contributed by atoms with E-state index >= 15 is 0 Å². The van der Waals surface area contributed by atoms with Crippen molar-refractivity contribution in [2.75, 3.05) is 13.1 Å². The van der Waals surface area contributed by atoms with Gasteiger partial charge >= 0.3 is 0 Å². The van der Waals surface area contributed by atoms with Crippen LogP contribution < -0.4 is 10.5 Å². The number of nitrogens with one attached hydrogen (secondary N) is 1.